The Labute approximate surface area is 154 Å². The third-order valence-electron chi connectivity index (χ3n) is 4.81. The number of hydrogen-bond donors (Lipinski definition) is 0. The van der Waals surface area contributed by atoms with Gasteiger partial charge in [0.15, 0.2) is 0 Å². The molecular formula is C23H36O2. The minimum atomic E-state index is -0.0433. The number of rotatable bonds is 14. The van der Waals surface area contributed by atoms with E-state index in [1.165, 1.54) is 63.4 Å². The van der Waals surface area contributed by atoms with Gasteiger partial charge in [0.1, 0.15) is 18.0 Å². The zero-order valence-electron chi connectivity index (χ0n) is 16.3. The van der Waals surface area contributed by atoms with Crippen molar-refractivity contribution >= 4 is 0 Å². The van der Waals surface area contributed by atoms with Crippen LogP contribution < -0.4 is 4.74 Å². The van der Waals surface area contributed by atoms with Crippen LogP contribution in [0.1, 0.15) is 77.2 Å². The largest absolute Gasteiger partial charge is 0.490 e. The van der Waals surface area contributed by atoms with Gasteiger partial charge in [0.05, 0.1) is 6.61 Å². The molecule has 1 heterocycles. The zero-order chi connectivity index (χ0) is 17.8. The van der Waals surface area contributed by atoms with Crippen molar-refractivity contribution in [2.45, 2.75) is 83.7 Å². The van der Waals surface area contributed by atoms with Crippen molar-refractivity contribution in [1.82, 2.24) is 0 Å². The highest BCUT2D eigenvalue weighted by Crippen LogP contribution is 2.27. The molecule has 2 nitrogen and oxygen atoms in total. The number of allylic oxidation sites excluding steroid dienone is 2. The number of unbranched alkanes of at least 4 members (excludes halogenated alkanes) is 7. The molecule has 0 spiro atoms. The summed E-state index contributed by atoms with van der Waals surface area (Å²) in [5.74, 6) is 0.970. The second-order valence-electron chi connectivity index (χ2n) is 7.59. The lowest BCUT2D eigenvalue weighted by atomic mass is 10.1. The van der Waals surface area contributed by atoms with E-state index in [9.17, 15) is 0 Å². The van der Waals surface area contributed by atoms with E-state index >= 15 is 0 Å². The van der Waals surface area contributed by atoms with Crippen LogP contribution in [0, 0.1) is 0 Å². The summed E-state index contributed by atoms with van der Waals surface area (Å²) in [6, 6.07) is 8.52. The van der Waals surface area contributed by atoms with Crippen LogP contribution in [0.15, 0.2) is 36.4 Å². The first kappa shape index (κ1) is 20.0. The van der Waals surface area contributed by atoms with Gasteiger partial charge in [-0.1, -0.05) is 56.9 Å². The maximum Gasteiger partial charge on any atom is 0.123 e. The van der Waals surface area contributed by atoms with E-state index in [0.717, 1.165) is 18.8 Å². The van der Waals surface area contributed by atoms with E-state index in [0.29, 0.717) is 6.61 Å². The zero-order valence-corrected chi connectivity index (χ0v) is 16.3. The fraction of sp³-hybridized carbons (Fsp3) is 0.652. The van der Waals surface area contributed by atoms with Gasteiger partial charge in [-0.3, -0.25) is 0 Å². The molecule has 0 bridgehead atoms. The minimum Gasteiger partial charge on any atom is -0.490 e. The molecular weight excluding hydrogens is 308 g/mol. The van der Waals surface area contributed by atoms with Crippen LogP contribution in [0.3, 0.4) is 0 Å². The topological polar surface area (TPSA) is 21.8 Å². The quantitative estimate of drug-likeness (QED) is 0.219. The Balaban J connectivity index is 1.51. The molecule has 1 fully saturated rings. The highest BCUT2D eigenvalue weighted by Gasteiger charge is 2.40. The highest BCUT2D eigenvalue weighted by molar-refractivity contribution is 5.28. The van der Waals surface area contributed by atoms with Crippen LogP contribution in [-0.4, -0.2) is 18.8 Å². The van der Waals surface area contributed by atoms with Gasteiger partial charge in [0, 0.05) is 0 Å². The van der Waals surface area contributed by atoms with Crippen LogP contribution in [0.25, 0.3) is 0 Å². The lowest BCUT2D eigenvalue weighted by Crippen LogP contribution is -2.16. The SMILES string of the molecule is CCCCCCC/C=C/CCCCc1cccc(OCC2(C)CO2)c1. The molecule has 0 aromatic heterocycles. The Morgan fingerprint density at radius 3 is 2.48 bits per heavy atom. The predicted octanol–water partition coefficient (Wildman–Crippen LogP) is 6.48. The highest BCUT2D eigenvalue weighted by atomic mass is 16.6. The summed E-state index contributed by atoms with van der Waals surface area (Å²) in [6.45, 7) is 5.83. The first-order valence-corrected chi connectivity index (χ1v) is 10.2. The Hall–Kier alpha value is -1.28. The molecule has 1 saturated heterocycles. The number of benzene rings is 1. The second-order valence-corrected chi connectivity index (χ2v) is 7.59. The molecule has 2 rings (SSSR count). The first-order valence-electron chi connectivity index (χ1n) is 10.2. The average molecular weight is 345 g/mol. The predicted molar refractivity (Wildman–Crippen MR) is 106 cm³/mol. The fourth-order valence-electron chi connectivity index (χ4n) is 2.93. The maximum absolute atomic E-state index is 5.84. The molecule has 1 unspecified atom stereocenters. The Bertz CT molecular complexity index is 503. The van der Waals surface area contributed by atoms with Gasteiger partial charge in [0.2, 0.25) is 0 Å². The summed E-state index contributed by atoms with van der Waals surface area (Å²) in [6.07, 6.45) is 17.7. The fourth-order valence-corrected chi connectivity index (χ4v) is 2.93. The van der Waals surface area contributed by atoms with Gasteiger partial charge in [-0.15, -0.1) is 0 Å². The lowest BCUT2D eigenvalue weighted by molar-refractivity contribution is 0.202. The van der Waals surface area contributed by atoms with Crippen LogP contribution in [0.2, 0.25) is 0 Å². The Kier molecular flexibility index (Phi) is 9.10. The molecule has 1 aromatic rings. The minimum absolute atomic E-state index is 0.0433. The van der Waals surface area contributed by atoms with E-state index < -0.39 is 0 Å². The van der Waals surface area contributed by atoms with Crippen molar-refractivity contribution in [2.24, 2.45) is 0 Å². The molecule has 0 amide bonds. The third-order valence-corrected chi connectivity index (χ3v) is 4.81. The van der Waals surface area contributed by atoms with Gasteiger partial charge >= 0.3 is 0 Å². The monoisotopic (exact) mass is 344 g/mol. The normalized spacial score (nSPS) is 19.4. The van der Waals surface area contributed by atoms with Crippen molar-refractivity contribution in [3.63, 3.8) is 0 Å². The summed E-state index contributed by atoms with van der Waals surface area (Å²) in [5, 5.41) is 0. The number of aryl methyl sites for hydroxylation is 1. The van der Waals surface area contributed by atoms with Crippen molar-refractivity contribution in [2.75, 3.05) is 13.2 Å². The molecule has 1 aliphatic rings. The summed E-state index contributed by atoms with van der Waals surface area (Å²) >= 11 is 0. The Morgan fingerprint density at radius 1 is 1.04 bits per heavy atom. The van der Waals surface area contributed by atoms with Gasteiger partial charge in [-0.2, -0.15) is 0 Å². The molecule has 2 heteroatoms. The van der Waals surface area contributed by atoms with Crippen molar-refractivity contribution in [3.05, 3.63) is 42.0 Å². The number of ether oxygens (including phenoxy) is 2. The van der Waals surface area contributed by atoms with Crippen LogP contribution in [0.5, 0.6) is 5.75 Å². The second kappa shape index (κ2) is 11.4. The smallest absolute Gasteiger partial charge is 0.123 e. The first-order chi connectivity index (χ1) is 12.2. The summed E-state index contributed by atoms with van der Waals surface area (Å²) in [7, 11) is 0. The van der Waals surface area contributed by atoms with Gasteiger partial charge in [-0.05, 0) is 63.1 Å². The van der Waals surface area contributed by atoms with Gasteiger partial charge in [0.25, 0.3) is 0 Å². The third kappa shape index (κ3) is 9.11. The summed E-state index contributed by atoms with van der Waals surface area (Å²) in [5.41, 5.74) is 1.33. The lowest BCUT2D eigenvalue weighted by Gasteiger charge is -2.10. The van der Waals surface area contributed by atoms with Crippen LogP contribution in [0.4, 0.5) is 0 Å². The molecule has 0 saturated carbocycles. The van der Waals surface area contributed by atoms with E-state index in [1.54, 1.807) is 0 Å². The number of epoxide rings is 1. The molecule has 140 valence electrons. The molecule has 0 radical (unpaired) electrons. The number of hydrogen-bond acceptors (Lipinski definition) is 2. The molecule has 25 heavy (non-hydrogen) atoms. The van der Waals surface area contributed by atoms with Crippen LogP contribution in [-0.2, 0) is 11.2 Å². The van der Waals surface area contributed by atoms with Crippen molar-refractivity contribution in [1.29, 1.82) is 0 Å². The average Bonchev–Trinajstić information content (AvgIpc) is 3.36. The molecule has 1 atom stereocenters. The molecule has 0 N–H and O–H groups in total. The van der Waals surface area contributed by atoms with E-state index in [-0.39, 0.29) is 5.60 Å². The molecule has 1 aromatic carbocycles. The summed E-state index contributed by atoms with van der Waals surface area (Å²) < 4.78 is 11.2. The van der Waals surface area contributed by atoms with E-state index in [4.69, 9.17) is 9.47 Å². The van der Waals surface area contributed by atoms with Gasteiger partial charge in [-0.25, -0.2) is 0 Å². The summed E-state index contributed by atoms with van der Waals surface area (Å²) in [4.78, 5) is 0. The Morgan fingerprint density at radius 2 is 1.76 bits per heavy atom. The standard InChI is InChI=1S/C23H36O2/c1-3-4-5-6-7-8-9-10-11-12-13-15-21-16-14-17-22(18-21)24-19-23(2)20-25-23/h9-10,14,16-18H,3-8,11-13,15,19-20H2,1-2H3/b10-9+. The van der Waals surface area contributed by atoms with Gasteiger partial charge < -0.3 is 9.47 Å². The van der Waals surface area contributed by atoms with E-state index in [2.05, 4.69) is 44.2 Å². The molecule has 1 aliphatic heterocycles. The maximum atomic E-state index is 5.84. The van der Waals surface area contributed by atoms with Crippen molar-refractivity contribution in [3.8, 4) is 5.75 Å². The van der Waals surface area contributed by atoms with Crippen LogP contribution >= 0.6 is 0 Å². The molecule has 0 aliphatic carbocycles. The van der Waals surface area contributed by atoms with E-state index in [1.807, 2.05) is 6.07 Å². The van der Waals surface area contributed by atoms with Crippen molar-refractivity contribution < 1.29 is 9.47 Å².